The van der Waals surface area contributed by atoms with Crippen LogP contribution >= 0.6 is 11.8 Å². The highest BCUT2D eigenvalue weighted by atomic mass is 32.2. The first-order valence-corrected chi connectivity index (χ1v) is 6.69. The Kier molecular flexibility index (Phi) is 3.86. The summed E-state index contributed by atoms with van der Waals surface area (Å²) in [6, 6.07) is 0. The molecule has 0 saturated carbocycles. The van der Waals surface area contributed by atoms with E-state index in [4.69, 9.17) is 4.74 Å². The minimum absolute atomic E-state index is 0.00478. The van der Waals surface area contributed by atoms with E-state index in [0.717, 1.165) is 31.2 Å². The van der Waals surface area contributed by atoms with E-state index in [1.165, 1.54) is 0 Å². The Morgan fingerprint density at radius 3 is 3.00 bits per heavy atom. The van der Waals surface area contributed by atoms with E-state index < -0.39 is 0 Å². The zero-order chi connectivity index (χ0) is 11.5. The normalized spacial score (nSPS) is 29.9. The van der Waals surface area contributed by atoms with Gasteiger partial charge < -0.3 is 10.1 Å². The quantitative estimate of drug-likeness (QED) is 0.813. The van der Waals surface area contributed by atoms with Crippen molar-refractivity contribution in [2.24, 2.45) is 10.9 Å². The Labute approximate surface area is 100 Å². The van der Waals surface area contributed by atoms with E-state index in [0.29, 0.717) is 5.92 Å². The van der Waals surface area contributed by atoms with Gasteiger partial charge in [-0.1, -0.05) is 25.6 Å². The zero-order valence-electron chi connectivity index (χ0n) is 9.73. The molecule has 1 N–H and O–H groups in total. The summed E-state index contributed by atoms with van der Waals surface area (Å²) in [4.78, 5) is 15.6. The Morgan fingerprint density at radius 2 is 2.44 bits per heavy atom. The maximum Gasteiger partial charge on any atom is 0.261 e. The van der Waals surface area contributed by atoms with Gasteiger partial charge in [-0.05, 0) is 18.8 Å². The predicted octanol–water partition coefficient (Wildman–Crippen LogP) is 1.41. The maximum atomic E-state index is 11.5. The van der Waals surface area contributed by atoms with Crippen molar-refractivity contribution < 1.29 is 9.53 Å². The van der Waals surface area contributed by atoms with Gasteiger partial charge in [-0.2, -0.15) is 4.99 Å². The lowest BCUT2D eigenvalue weighted by molar-refractivity contribution is -0.117. The summed E-state index contributed by atoms with van der Waals surface area (Å²) in [5, 5.41) is 3.96. The van der Waals surface area contributed by atoms with E-state index in [1.807, 2.05) is 13.8 Å². The molecule has 0 spiro atoms. The number of amides is 1. The van der Waals surface area contributed by atoms with Gasteiger partial charge in [-0.3, -0.25) is 4.79 Å². The van der Waals surface area contributed by atoms with Crippen molar-refractivity contribution in [1.82, 2.24) is 5.32 Å². The molecule has 2 rings (SSSR count). The van der Waals surface area contributed by atoms with Crippen LogP contribution in [0.1, 0.15) is 26.7 Å². The van der Waals surface area contributed by atoms with Crippen LogP contribution in [0.3, 0.4) is 0 Å². The number of carbonyl (C=O) groups is 1. The van der Waals surface area contributed by atoms with Gasteiger partial charge >= 0.3 is 0 Å². The Morgan fingerprint density at radius 1 is 1.62 bits per heavy atom. The lowest BCUT2D eigenvalue weighted by Crippen LogP contribution is -2.29. The molecule has 0 aromatic carbocycles. The molecule has 2 atom stereocenters. The number of carbonyl (C=O) groups excluding carboxylic acids is 1. The van der Waals surface area contributed by atoms with E-state index in [-0.39, 0.29) is 17.3 Å². The van der Waals surface area contributed by atoms with Gasteiger partial charge in [-0.25, -0.2) is 0 Å². The fraction of sp³-hybridized carbons (Fsp3) is 0.818. The predicted molar refractivity (Wildman–Crippen MR) is 65.6 cm³/mol. The molecule has 90 valence electrons. The van der Waals surface area contributed by atoms with Gasteiger partial charge in [0, 0.05) is 13.2 Å². The molecule has 2 aliphatic heterocycles. The van der Waals surface area contributed by atoms with Crippen molar-refractivity contribution in [2.45, 2.75) is 38.0 Å². The first kappa shape index (κ1) is 11.9. The molecule has 2 heterocycles. The van der Waals surface area contributed by atoms with E-state index in [1.54, 1.807) is 11.8 Å². The molecule has 4 nitrogen and oxygen atoms in total. The number of hydrogen-bond donors (Lipinski definition) is 1. The molecule has 0 radical (unpaired) electrons. The van der Waals surface area contributed by atoms with Gasteiger partial charge in [0.25, 0.3) is 5.91 Å². The van der Waals surface area contributed by atoms with Crippen molar-refractivity contribution in [3.8, 4) is 0 Å². The summed E-state index contributed by atoms with van der Waals surface area (Å²) in [6.07, 6.45) is 2.53. The van der Waals surface area contributed by atoms with Crippen molar-refractivity contribution in [3.05, 3.63) is 0 Å². The highest BCUT2D eigenvalue weighted by Gasteiger charge is 2.31. The zero-order valence-corrected chi connectivity index (χ0v) is 10.5. The molecule has 0 aliphatic carbocycles. The SMILES string of the molecule is CC(C)C1SC(NCC2CCCO2)=NC1=O. The molecule has 5 heteroatoms. The summed E-state index contributed by atoms with van der Waals surface area (Å²) in [5.74, 6) is 0.332. The van der Waals surface area contributed by atoms with Crippen LogP contribution in [-0.4, -0.2) is 35.6 Å². The van der Waals surface area contributed by atoms with Crippen molar-refractivity contribution >= 4 is 22.8 Å². The summed E-state index contributed by atoms with van der Waals surface area (Å²) in [5.41, 5.74) is 0. The summed E-state index contributed by atoms with van der Waals surface area (Å²) in [6.45, 7) is 5.73. The van der Waals surface area contributed by atoms with E-state index >= 15 is 0 Å². The second kappa shape index (κ2) is 5.19. The Bertz CT molecular complexity index is 298. The average Bonchev–Trinajstić information content (AvgIpc) is 2.83. The van der Waals surface area contributed by atoms with Crippen LogP contribution in [0.5, 0.6) is 0 Å². The van der Waals surface area contributed by atoms with Crippen LogP contribution < -0.4 is 5.32 Å². The topological polar surface area (TPSA) is 50.7 Å². The van der Waals surface area contributed by atoms with Crippen LogP contribution in [0.25, 0.3) is 0 Å². The fourth-order valence-electron chi connectivity index (χ4n) is 1.87. The monoisotopic (exact) mass is 242 g/mol. The minimum atomic E-state index is -0.00741. The summed E-state index contributed by atoms with van der Waals surface area (Å²) >= 11 is 1.54. The number of nitrogens with one attached hydrogen (secondary N) is 1. The lowest BCUT2D eigenvalue weighted by Gasteiger charge is -2.13. The molecule has 2 unspecified atom stereocenters. The fourth-order valence-corrected chi connectivity index (χ4v) is 2.85. The first-order valence-electron chi connectivity index (χ1n) is 5.81. The molecule has 0 aromatic rings. The number of thioether (sulfide) groups is 1. The highest BCUT2D eigenvalue weighted by molar-refractivity contribution is 8.15. The van der Waals surface area contributed by atoms with Crippen molar-refractivity contribution in [2.75, 3.05) is 13.2 Å². The van der Waals surface area contributed by atoms with Gasteiger partial charge in [0.1, 0.15) is 0 Å². The molecule has 0 aromatic heterocycles. The summed E-state index contributed by atoms with van der Waals surface area (Å²) < 4.78 is 5.50. The third-order valence-corrected chi connectivity index (χ3v) is 4.26. The number of aliphatic imine (C=N–C) groups is 1. The Hall–Kier alpha value is -0.550. The molecule has 0 bridgehead atoms. The molecule has 16 heavy (non-hydrogen) atoms. The standard InChI is InChI=1S/C11H18N2O2S/c1-7(2)9-10(14)13-11(16-9)12-6-8-4-3-5-15-8/h7-9H,3-6H2,1-2H3,(H,12,13,14). The van der Waals surface area contributed by atoms with Crippen LogP contribution in [0.15, 0.2) is 4.99 Å². The van der Waals surface area contributed by atoms with Crippen LogP contribution in [0.4, 0.5) is 0 Å². The summed E-state index contributed by atoms with van der Waals surface area (Å²) in [7, 11) is 0. The number of rotatable bonds is 3. The van der Waals surface area contributed by atoms with Crippen LogP contribution in [-0.2, 0) is 9.53 Å². The Balaban J connectivity index is 1.78. The first-order chi connectivity index (χ1) is 7.66. The third kappa shape index (κ3) is 2.77. The van der Waals surface area contributed by atoms with Crippen molar-refractivity contribution in [1.29, 1.82) is 0 Å². The molecular formula is C11H18N2O2S. The number of ether oxygens (including phenoxy) is 1. The molecule has 1 amide bonds. The van der Waals surface area contributed by atoms with Crippen LogP contribution in [0, 0.1) is 5.92 Å². The molecular weight excluding hydrogens is 224 g/mol. The van der Waals surface area contributed by atoms with Crippen molar-refractivity contribution in [3.63, 3.8) is 0 Å². The van der Waals surface area contributed by atoms with Gasteiger partial charge in [0.2, 0.25) is 0 Å². The van der Waals surface area contributed by atoms with E-state index in [2.05, 4.69) is 10.3 Å². The van der Waals surface area contributed by atoms with E-state index in [9.17, 15) is 4.79 Å². The highest BCUT2D eigenvalue weighted by Crippen LogP contribution is 2.27. The minimum Gasteiger partial charge on any atom is -0.376 e. The van der Waals surface area contributed by atoms with Gasteiger partial charge in [-0.15, -0.1) is 0 Å². The second-order valence-electron chi connectivity index (χ2n) is 4.55. The molecule has 2 aliphatic rings. The van der Waals surface area contributed by atoms with Gasteiger partial charge in [0.15, 0.2) is 5.17 Å². The number of hydrogen-bond acceptors (Lipinski definition) is 4. The van der Waals surface area contributed by atoms with Gasteiger partial charge in [0.05, 0.1) is 11.4 Å². The number of nitrogens with zero attached hydrogens (tertiary/aromatic N) is 1. The van der Waals surface area contributed by atoms with Crippen LogP contribution in [0.2, 0.25) is 0 Å². The molecule has 1 saturated heterocycles. The second-order valence-corrected chi connectivity index (χ2v) is 5.68. The third-order valence-electron chi connectivity index (χ3n) is 2.80. The maximum absolute atomic E-state index is 11.5. The largest absolute Gasteiger partial charge is 0.376 e. The number of amidine groups is 1. The smallest absolute Gasteiger partial charge is 0.261 e. The average molecular weight is 242 g/mol. The lowest BCUT2D eigenvalue weighted by atomic mass is 10.1. The molecule has 1 fully saturated rings.